The van der Waals surface area contributed by atoms with Crippen LogP contribution in [0.15, 0.2) is 66.7 Å². The molecule has 2 aromatic carbocycles. The van der Waals surface area contributed by atoms with E-state index in [0.717, 1.165) is 11.3 Å². The highest BCUT2D eigenvalue weighted by molar-refractivity contribution is 6.48. The second-order valence-corrected chi connectivity index (χ2v) is 7.96. The first-order valence-electron chi connectivity index (χ1n) is 10.0. The van der Waals surface area contributed by atoms with Crippen LogP contribution < -0.4 is 0 Å². The van der Waals surface area contributed by atoms with E-state index in [0.29, 0.717) is 11.7 Å². The van der Waals surface area contributed by atoms with E-state index in [9.17, 15) is 0 Å². The van der Waals surface area contributed by atoms with Crippen LogP contribution in [-0.2, 0) is 14.9 Å². The van der Waals surface area contributed by atoms with E-state index in [4.69, 9.17) is 9.31 Å². The Balaban J connectivity index is 1.70. The average Bonchev–Trinajstić information content (AvgIpc) is 2.68. The fraction of sp³-hybridized carbons (Fsp3) is 0.391. The van der Waals surface area contributed by atoms with Crippen LogP contribution in [0, 0.1) is 5.92 Å². The molecule has 4 bridgehead atoms. The first kappa shape index (κ1) is 16.2. The van der Waals surface area contributed by atoms with Crippen molar-refractivity contribution in [2.24, 2.45) is 5.92 Å². The third-order valence-corrected chi connectivity index (χ3v) is 6.43. The normalized spacial score (nSPS) is 30.6. The van der Waals surface area contributed by atoms with Crippen LogP contribution in [-0.4, -0.2) is 7.12 Å². The molecule has 1 aliphatic carbocycles. The van der Waals surface area contributed by atoms with Crippen molar-refractivity contribution in [1.82, 2.24) is 0 Å². The van der Waals surface area contributed by atoms with Gasteiger partial charge in [0.15, 0.2) is 0 Å². The molecule has 6 rings (SSSR count). The SMILES string of the molecule is C1=C(c2ccccc2)OB2OC1(c1ccccc1)C1CCCC2CCC1. The minimum atomic E-state index is -0.367. The summed E-state index contributed by atoms with van der Waals surface area (Å²) < 4.78 is 13.3. The highest BCUT2D eigenvalue weighted by Gasteiger charge is 2.52. The Hall–Kier alpha value is -2.00. The van der Waals surface area contributed by atoms with Crippen molar-refractivity contribution in [2.45, 2.75) is 49.9 Å². The topological polar surface area (TPSA) is 18.5 Å². The van der Waals surface area contributed by atoms with E-state index in [-0.39, 0.29) is 12.7 Å². The molecular weight excluding hydrogens is 319 g/mol. The molecular formula is C23H25BO2. The first-order valence-corrected chi connectivity index (χ1v) is 10.0. The maximum Gasteiger partial charge on any atom is 0.529 e. The zero-order chi connectivity index (χ0) is 17.4. The maximum absolute atomic E-state index is 6.82. The lowest BCUT2D eigenvalue weighted by atomic mass is 9.58. The summed E-state index contributed by atoms with van der Waals surface area (Å²) in [6.45, 7) is 0. The largest absolute Gasteiger partial charge is 0.535 e. The van der Waals surface area contributed by atoms with Gasteiger partial charge in [-0.05, 0) is 30.4 Å². The Morgan fingerprint density at radius 3 is 2.15 bits per heavy atom. The van der Waals surface area contributed by atoms with Crippen LogP contribution in [0.2, 0.25) is 5.82 Å². The number of fused-ring (bicyclic) bond motifs is 4. The van der Waals surface area contributed by atoms with Gasteiger partial charge >= 0.3 is 7.12 Å². The van der Waals surface area contributed by atoms with Crippen molar-refractivity contribution in [3.63, 3.8) is 0 Å². The Bertz CT molecular complexity index is 778. The highest BCUT2D eigenvalue weighted by atomic mass is 16.6. The molecule has 0 spiro atoms. The van der Waals surface area contributed by atoms with Gasteiger partial charge in [0, 0.05) is 11.4 Å². The van der Waals surface area contributed by atoms with Gasteiger partial charge in [-0.15, -0.1) is 0 Å². The highest BCUT2D eigenvalue weighted by Crippen LogP contribution is 2.52. The van der Waals surface area contributed by atoms with Gasteiger partial charge < -0.3 is 9.31 Å². The van der Waals surface area contributed by atoms with Gasteiger partial charge in [0.05, 0.1) is 0 Å². The Kier molecular flexibility index (Phi) is 4.13. The van der Waals surface area contributed by atoms with Crippen LogP contribution >= 0.6 is 0 Å². The van der Waals surface area contributed by atoms with Crippen molar-refractivity contribution < 1.29 is 9.31 Å². The molecule has 0 amide bonds. The smallest absolute Gasteiger partial charge is 0.529 e. The summed E-state index contributed by atoms with van der Waals surface area (Å²) >= 11 is 0. The van der Waals surface area contributed by atoms with E-state index in [1.807, 2.05) is 0 Å². The van der Waals surface area contributed by atoms with Crippen molar-refractivity contribution in [2.75, 3.05) is 0 Å². The molecule has 3 heteroatoms. The standard InChI is InChI=1S/C23H25BO2/c1-3-9-18(10-4-1)22-17-23(19-11-5-2-6-12-19)20-13-7-15-21(16-8-14-20)24(25-22)26-23/h1-6,9-12,17,20-21H,7-8,13-16H2. The molecule has 132 valence electrons. The summed E-state index contributed by atoms with van der Waals surface area (Å²) in [5.74, 6) is 1.99. The van der Waals surface area contributed by atoms with E-state index in [1.54, 1.807) is 0 Å². The Labute approximate surface area is 156 Å². The minimum absolute atomic E-state index is 0.140. The lowest BCUT2D eigenvalue weighted by Crippen LogP contribution is -2.49. The van der Waals surface area contributed by atoms with Crippen molar-refractivity contribution in [1.29, 1.82) is 0 Å². The van der Waals surface area contributed by atoms with Crippen molar-refractivity contribution in [3.05, 3.63) is 77.9 Å². The Morgan fingerprint density at radius 1 is 0.808 bits per heavy atom. The summed E-state index contributed by atoms with van der Waals surface area (Å²) in [6.07, 6.45) is 9.74. The summed E-state index contributed by atoms with van der Waals surface area (Å²) in [6, 6.07) is 21.3. The van der Waals surface area contributed by atoms with Gasteiger partial charge in [0.2, 0.25) is 0 Å². The van der Waals surface area contributed by atoms with Crippen molar-refractivity contribution in [3.8, 4) is 0 Å². The summed E-state index contributed by atoms with van der Waals surface area (Å²) in [4.78, 5) is 0. The van der Waals surface area contributed by atoms with Gasteiger partial charge in [-0.3, -0.25) is 0 Å². The van der Waals surface area contributed by atoms with Crippen LogP contribution in [0.25, 0.3) is 5.76 Å². The van der Waals surface area contributed by atoms with Crippen LogP contribution in [0.3, 0.4) is 0 Å². The molecule has 0 radical (unpaired) electrons. The summed E-state index contributed by atoms with van der Waals surface area (Å²) in [7, 11) is -0.140. The quantitative estimate of drug-likeness (QED) is 0.640. The molecule has 2 aromatic rings. The molecule has 26 heavy (non-hydrogen) atoms. The zero-order valence-corrected chi connectivity index (χ0v) is 15.1. The molecule has 3 aliphatic heterocycles. The van der Waals surface area contributed by atoms with E-state index >= 15 is 0 Å². The monoisotopic (exact) mass is 344 g/mol. The van der Waals surface area contributed by atoms with Gasteiger partial charge in [-0.1, -0.05) is 86.3 Å². The Morgan fingerprint density at radius 2 is 1.46 bits per heavy atom. The van der Waals surface area contributed by atoms with Gasteiger partial charge in [-0.25, -0.2) is 0 Å². The third kappa shape index (κ3) is 2.70. The fourth-order valence-electron chi connectivity index (χ4n) is 5.09. The second kappa shape index (κ2) is 6.63. The molecule has 2 saturated heterocycles. The molecule has 4 aliphatic rings. The first-order chi connectivity index (χ1) is 12.9. The van der Waals surface area contributed by atoms with Crippen molar-refractivity contribution >= 4 is 12.9 Å². The predicted molar refractivity (Wildman–Crippen MR) is 105 cm³/mol. The maximum atomic E-state index is 6.82. The lowest BCUT2D eigenvalue weighted by molar-refractivity contribution is -0.00880. The predicted octanol–water partition coefficient (Wildman–Crippen LogP) is 5.81. The second-order valence-electron chi connectivity index (χ2n) is 7.96. The minimum Gasteiger partial charge on any atom is -0.535 e. The van der Waals surface area contributed by atoms with Gasteiger partial charge in [-0.2, -0.15) is 0 Å². The van der Waals surface area contributed by atoms with Crippen LogP contribution in [0.1, 0.15) is 49.7 Å². The molecule has 3 fully saturated rings. The fourth-order valence-corrected chi connectivity index (χ4v) is 5.09. The summed E-state index contributed by atoms with van der Waals surface area (Å²) in [5, 5.41) is 0. The number of benzene rings is 2. The third-order valence-electron chi connectivity index (χ3n) is 6.43. The molecule has 1 atom stereocenters. The molecule has 2 nitrogen and oxygen atoms in total. The van der Waals surface area contributed by atoms with Crippen LogP contribution in [0.4, 0.5) is 0 Å². The van der Waals surface area contributed by atoms with E-state index < -0.39 is 0 Å². The molecule has 1 unspecified atom stereocenters. The lowest BCUT2D eigenvalue weighted by Gasteiger charge is -2.49. The van der Waals surface area contributed by atoms with Gasteiger partial charge in [0.25, 0.3) is 0 Å². The number of hydrogen-bond donors (Lipinski definition) is 0. The van der Waals surface area contributed by atoms with E-state index in [2.05, 4.69) is 66.7 Å². The molecule has 3 heterocycles. The number of hydrogen-bond acceptors (Lipinski definition) is 2. The van der Waals surface area contributed by atoms with Gasteiger partial charge in [0.1, 0.15) is 11.4 Å². The zero-order valence-electron chi connectivity index (χ0n) is 15.1. The van der Waals surface area contributed by atoms with Crippen LogP contribution in [0.5, 0.6) is 0 Å². The molecule has 0 N–H and O–H groups in total. The average molecular weight is 344 g/mol. The number of rotatable bonds is 2. The van der Waals surface area contributed by atoms with E-state index in [1.165, 1.54) is 44.1 Å². The summed E-state index contributed by atoms with van der Waals surface area (Å²) in [5.41, 5.74) is 2.06. The molecule has 0 aromatic heterocycles. The molecule has 1 saturated carbocycles.